The molecule has 0 amide bonds. The lowest BCUT2D eigenvalue weighted by Gasteiger charge is -2.11. The van der Waals surface area contributed by atoms with E-state index >= 15 is 0 Å². The Bertz CT molecular complexity index is 375. The maximum Gasteiger partial charge on any atom is 0.126 e. The average molecular weight is 251 g/mol. The van der Waals surface area contributed by atoms with Crippen molar-refractivity contribution in [2.75, 3.05) is 13.2 Å². The number of halogens is 1. The first-order valence-corrected chi connectivity index (χ1v) is 6.83. The van der Waals surface area contributed by atoms with E-state index in [-0.39, 0.29) is 5.82 Å². The Morgan fingerprint density at radius 3 is 2.83 bits per heavy atom. The van der Waals surface area contributed by atoms with Crippen molar-refractivity contribution >= 4 is 0 Å². The summed E-state index contributed by atoms with van der Waals surface area (Å²) in [5.41, 5.74) is 1.83. The number of hydrogen-bond acceptors (Lipinski definition) is 2. The van der Waals surface area contributed by atoms with Crippen LogP contribution in [0.3, 0.4) is 0 Å². The lowest BCUT2D eigenvalue weighted by Crippen LogP contribution is -2.21. The van der Waals surface area contributed by atoms with Crippen LogP contribution in [0.15, 0.2) is 18.2 Å². The highest BCUT2D eigenvalue weighted by Gasteiger charge is 2.14. The van der Waals surface area contributed by atoms with Crippen molar-refractivity contribution in [2.45, 2.75) is 45.3 Å². The fraction of sp³-hybridized carbons (Fsp3) is 0.600. The zero-order valence-electron chi connectivity index (χ0n) is 11.0. The van der Waals surface area contributed by atoms with E-state index < -0.39 is 0 Å². The number of hydrogen-bond donors (Lipinski definition) is 1. The number of rotatable bonds is 6. The molecule has 1 fully saturated rings. The molecular weight excluding hydrogens is 229 g/mol. The van der Waals surface area contributed by atoms with Crippen molar-refractivity contribution in [1.82, 2.24) is 5.32 Å². The molecule has 0 aliphatic heterocycles. The van der Waals surface area contributed by atoms with E-state index in [9.17, 15) is 4.39 Å². The zero-order chi connectivity index (χ0) is 12.8. The van der Waals surface area contributed by atoms with Gasteiger partial charge in [-0.05, 0) is 37.0 Å². The largest absolute Gasteiger partial charge is 0.377 e. The van der Waals surface area contributed by atoms with E-state index in [1.165, 1.54) is 31.7 Å². The minimum absolute atomic E-state index is 0.136. The smallest absolute Gasteiger partial charge is 0.126 e. The third-order valence-electron chi connectivity index (χ3n) is 3.49. The number of benzene rings is 1. The Labute approximate surface area is 109 Å². The first-order valence-electron chi connectivity index (χ1n) is 6.83. The molecule has 0 heterocycles. The summed E-state index contributed by atoms with van der Waals surface area (Å²) in [5.74, 6) is -0.136. The van der Waals surface area contributed by atoms with Crippen LogP contribution in [0.5, 0.6) is 0 Å². The summed E-state index contributed by atoms with van der Waals surface area (Å²) < 4.78 is 18.8. The van der Waals surface area contributed by atoms with Gasteiger partial charge in [-0.25, -0.2) is 4.39 Å². The van der Waals surface area contributed by atoms with E-state index in [1.807, 2.05) is 12.1 Å². The molecule has 0 saturated heterocycles. The van der Waals surface area contributed by atoms with Gasteiger partial charge in [-0.15, -0.1) is 0 Å². The molecule has 1 aliphatic carbocycles. The fourth-order valence-electron chi connectivity index (χ4n) is 2.40. The highest BCUT2D eigenvalue weighted by Crippen LogP contribution is 2.20. The number of nitrogens with one attached hydrogen (secondary N) is 1. The summed E-state index contributed by atoms with van der Waals surface area (Å²) in [6.07, 6.45) is 5.55. The summed E-state index contributed by atoms with van der Waals surface area (Å²) in [4.78, 5) is 0. The van der Waals surface area contributed by atoms with Crippen LogP contribution in [0.25, 0.3) is 0 Å². The molecule has 0 bridgehead atoms. The minimum atomic E-state index is -0.136. The first kappa shape index (κ1) is 13.5. The molecule has 1 saturated carbocycles. The van der Waals surface area contributed by atoms with Crippen LogP contribution in [0.4, 0.5) is 4.39 Å². The molecule has 3 heteroatoms. The highest BCUT2D eigenvalue weighted by molar-refractivity contribution is 5.23. The SMILES string of the molecule is Cc1cc(CNCCOC2CCCC2)ccc1F. The molecule has 18 heavy (non-hydrogen) atoms. The second kappa shape index (κ2) is 6.86. The summed E-state index contributed by atoms with van der Waals surface area (Å²) in [6.45, 7) is 4.19. The van der Waals surface area contributed by atoms with Crippen molar-refractivity contribution in [3.63, 3.8) is 0 Å². The van der Waals surface area contributed by atoms with Crippen molar-refractivity contribution in [1.29, 1.82) is 0 Å². The monoisotopic (exact) mass is 251 g/mol. The quantitative estimate of drug-likeness (QED) is 0.784. The van der Waals surface area contributed by atoms with Crippen molar-refractivity contribution in [3.05, 3.63) is 35.1 Å². The summed E-state index contributed by atoms with van der Waals surface area (Å²) in [5, 5.41) is 3.32. The van der Waals surface area contributed by atoms with Gasteiger partial charge < -0.3 is 10.1 Å². The molecule has 0 spiro atoms. The maximum atomic E-state index is 13.1. The summed E-state index contributed by atoms with van der Waals surface area (Å²) in [7, 11) is 0. The van der Waals surface area contributed by atoms with Gasteiger partial charge in [-0.2, -0.15) is 0 Å². The molecular formula is C15H22FNO. The Kier molecular flexibility index (Phi) is 5.14. The normalized spacial score (nSPS) is 16.3. The molecule has 1 aliphatic rings. The lowest BCUT2D eigenvalue weighted by molar-refractivity contribution is 0.0603. The Hall–Kier alpha value is -0.930. The van der Waals surface area contributed by atoms with Gasteiger partial charge in [0, 0.05) is 13.1 Å². The molecule has 2 rings (SSSR count). The summed E-state index contributed by atoms with van der Waals surface area (Å²) >= 11 is 0. The molecule has 0 unspecified atom stereocenters. The predicted octanol–water partition coefficient (Wildman–Crippen LogP) is 3.18. The third-order valence-corrected chi connectivity index (χ3v) is 3.49. The van der Waals surface area contributed by atoms with Crippen LogP contribution in [0.2, 0.25) is 0 Å². The summed E-state index contributed by atoms with van der Waals surface area (Å²) in [6, 6.07) is 5.24. The van der Waals surface area contributed by atoms with Gasteiger partial charge in [0.2, 0.25) is 0 Å². The molecule has 100 valence electrons. The van der Waals surface area contributed by atoms with Gasteiger partial charge in [-0.3, -0.25) is 0 Å². The molecule has 0 radical (unpaired) electrons. The number of aryl methyl sites for hydroxylation is 1. The van der Waals surface area contributed by atoms with Crippen molar-refractivity contribution < 1.29 is 9.13 Å². The fourth-order valence-corrected chi connectivity index (χ4v) is 2.40. The molecule has 0 aromatic heterocycles. The van der Waals surface area contributed by atoms with E-state index in [0.717, 1.165) is 25.3 Å². The molecule has 1 aromatic rings. The van der Waals surface area contributed by atoms with E-state index in [2.05, 4.69) is 5.32 Å². The highest BCUT2D eigenvalue weighted by atomic mass is 19.1. The van der Waals surface area contributed by atoms with Crippen LogP contribution in [0, 0.1) is 12.7 Å². The zero-order valence-corrected chi connectivity index (χ0v) is 11.0. The van der Waals surface area contributed by atoms with Gasteiger partial charge in [0.1, 0.15) is 5.82 Å². The van der Waals surface area contributed by atoms with E-state index in [0.29, 0.717) is 11.7 Å². The molecule has 2 nitrogen and oxygen atoms in total. The molecule has 1 aromatic carbocycles. The topological polar surface area (TPSA) is 21.3 Å². The van der Waals surface area contributed by atoms with Crippen LogP contribution < -0.4 is 5.32 Å². The van der Waals surface area contributed by atoms with E-state index in [1.54, 1.807) is 6.92 Å². The van der Waals surface area contributed by atoms with Gasteiger partial charge in [0.05, 0.1) is 12.7 Å². The predicted molar refractivity (Wildman–Crippen MR) is 71.1 cm³/mol. The average Bonchev–Trinajstić information content (AvgIpc) is 2.86. The van der Waals surface area contributed by atoms with Crippen molar-refractivity contribution in [3.8, 4) is 0 Å². The standard InChI is InChI=1S/C15H22FNO/c1-12-10-13(6-7-15(12)16)11-17-8-9-18-14-4-2-3-5-14/h6-7,10,14,17H,2-5,8-9,11H2,1H3. The lowest BCUT2D eigenvalue weighted by atomic mass is 10.1. The van der Waals surface area contributed by atoms with Crippen LogP contribution in [-0.2, 0) is 11.3 Å². The second-order valence-corrected chi connectivity index (χ2v) is 5.04. The third kappa shape index (κ3) is 4.07. The Morgan fingerprint density at radius 1 is 1.33 bits per heavy atom. The number of ether oxygens (including phenoxy) is 1. The Morgan fingerprint density at radius 2 is 2.11 bits per heavy atom. The van der Waals surface area contributed by atoms with Gasteiger partial charge in [0.15, 0.2) is 0 Å². The first-order chi connectivity index (χ1) is 8.75. The van der Waals surface area contributed by atoms with E-state index in [4.69, 9.17) is 4.74 Å². The second-order valence-electron chi connectivity index (χ2n) is 5.04. The molecule has 1 N–H and O–H groups in total. The van der Waals surface area contributed by atoms with Gasteiger partial charge >= 0.3 is 0 Å². The van der Waals surface area contributed by atoms with Gasteiger partial charge in [-0.1, -0.05) is 25.0 Å². The van der Waals surface area contributed by atoms with Crippen molar-refractivity contribution in [2.24, 2.45) is 0 Å². The maximum absolute atomic E-state index is 13.1. The Balaban J connectivity index is 1.61. The van der Waals surface area contributed by atoms with Crippen LogP contribution in [-0.4, -0.2) is 19.3 Å². The minimum Gasteiger partial charge on any atom is -0.377 e. The molecule has 0 atom stereocenters. The van der Waals surface area contributed by atoms with Crippen LogP contribution in [0.1, 0.15) is 36.8 Å². The van der Waals surface area contributed by atoms with Gasteiger partial charge in [0.25, 0.3) is 0 Å². The van der Waals surface area contributed by atoms with Crippen LogP contribution >= 0.6 is 0 Å².